The molecule has 0 bridgehead atoms. The van der Waals surface area contributed by atoms with Gasteiger partial charge in [-0.1, -0.05) is 20.4 Å². The van der Waals surface area contributed by atoms with Crippen LogP contribution in [0.5, 0.6) is 0 Å². The van der Waals surface area contributed by atoms with Crippen molar-refractivity contribution in [3.63, 3.8) is 0 Å². The minimum absolute atomic E-state index is 0.0931. The molecular weight excluding hydrogens is 180 g/mol. The molecule has 4 nitrogen and oxygen atoms in total. The zero-order valence-corrected chi connectivity index (χ0v) is 8.40. The number of carboxylic acid groups (broad SMARTS) is 1. The van der Waals surface area contributed by atoms with E-state index in [0.29, 0.717) is 0 Å². The van der Waals surface area contributed by atoms with Crippen LogP contribution in [-0.2, 0) is 10.2 Å². The van der Waals surface area contributed by atoms with Crippen LogP contribution in [0.1, 0.15) is 25.8 Å². The Balaban J connectivity index is 2.90. The normalized spacial score (nSPS) is 11.3. The average Bonchev–Trinajstić information content (AvgIpc) is 2.49. The number of carboxylic acids is 1. The summed E-state index contributed by atoms with van der Waals surface area (Å²) in [6, 6.07) is 0. The van der Waals surface area contributed by atoms with Gasteiger partial charge in [0.05, 0.1) is 12.6 Å². The number of hydrogen-bond acceptors (Lipinski definition) is 2. The van der Waals surface area contributed by atoms with Crippen LogP contribution < -0.4 is 0 Å². The van der Waals surface area contributed by atoms with Crippen LogP contribution in [0.4, 0.5) is 0 Å². The summed E-state index contributed by atoms with van der Waals surface area (Å²) >= 11 is 0. The molecule has 1 aromatic heterocycles. The zero-order valence-electron chi connectivity index (χ0n) is 8.40. The van der Waals surface area contributed by atoms with Crippen LogP contribution in [0.25, 0.3) is 6.20 Å². The third kappa shape index (κ3) is 2.22. The Hall–Kier alpha value is -1.58. The maximum Gasteiger partial charge on any atom is 0.304 e. The lowest BCUT2D eigenvalue weighted by Crippen LogP contribution is -2.20. The van der Waals surface area contributed by atoms with Crippen molar-refractivity contribution in [3.8, 4) is 0 Å². The summed E-state index contributed by atoms with van der Waals surface area (Å²) in [5.41, 5.74) is 0.507. The van der Waals surface area contributed by atoms with Crippen LogP contribution in [0.3, 0.4) is 0 Å². The van der Waals surface area contributed by atoms with Gasteiger partial charge >= 0.3 is 5.97 Å². The van der Waals surface area contributed by atoms with E-state index in [1.165, 1.54) is 0 Å². The van der Waals surface area contributed by atoms with Crippen molar-refractivity contribution >= 4 is 12.2 Å². The number of carbonyl (C=O) groups is 1. The topological polar surface area (TPSA) is 55.1 Å². The first-order valence-electron chi connectivity index (χ1n) is 4.35. The molecule has 0 radical (unpaired) electrons. The van der Waals surface area contributed by atoms with Crippen LogP contribution in [0.2, 0.25) is 0 Å². The fourth-order valence-corrected chi connectivity index (χ4v) is 1.27. The maximum absolute atomic E-state index is 10.6. The number of aliphatic carboxylic acids is 1. The Morgan fingerprint density at radius 3 is 2.86 bits per heavy atom. The van der Waals surface area contributed by atoms with E-state index in [4.69, 9.17) is 5.11 Å². The summed E-state index contributed by atoms with van der Waals surface area (Å²) in [7, 11) is 0. The molecule has 0 aliphatic heterocycles. The molecule has 1 N–H and O–H groups in total. The molecule has 0 atom stereocenters. The first kappa shape index (κ1) is 10.5. The van der Waals surface area contributed by atoms with Crippen LogP contribution >= 0.6 is 0 Å². The molecule has 76 valence electrons. The van der Waals surface area contributed by atoms with Gasteiger partial charge in [-0.3, -0.25) is 4.79 Å². The van der Waals surface area contributed by atoms with Gasteiger partial charge < -0.3 is 5.11 Å². The van der Waals surface area contributed by atoms with E-state index in [1.807, 2.05) is 13.8 Å². The fourth-order valence-electron chi connectivity index (χ4n) is 1.27. The van der Waals surface area contributed by atoms with Gasteiger partial charge in [0, 0.05) is 17.8 Å². The van der Waals surface area contributed by atoms with Gasteiger partial charge in [0.1, 0.15) is 0 Å². The van der Waals surface area contributed by atoms with Crippen molar-refractivity contribution in [3.05, 3.63) is 24.5 Å². The van der Waals surface area contributed by atoms with Crippen molar-refractivity contribution < 1.29 is 9.90 Å². The minimum Gasteiger partial charge on any atom is -0.481 e. The van der Waals surface area contributed by atoms with E-state index in [1.54, 1.807) is 23.3 Å². The predicted molar refractivity (Wildman–Crippen MR) is 53.9 cm³/mol. The summed E-state index contributed by atoms with van der Waals surface area (Å²) in [6.45, 7) is 7.33. The van der Waals surface area contributed by atoms with Crippen molar-refractivity contribution in [1.29, 1.82) is 0 Å². The highest BCUT2D eigenvalue weighted by atomic mass is 16.4. The molecule has 0 fully saturated rings. The van der Waals surface area contributed by atoms with Gasteiger partial charge in [-0.25, -0.2) is 4.68 Å². The third-order valence-corrected chi connectivity index (χ3v) is 2.16. The molecule has 1 heterocycles. The summed E-state index contributed by atoms with van der Waals surface area (Å²) in [5, 5.41) is 12.7. The standard InChI is InChI=1S/C10H14N2O2/c1-4-12-7-8(6-11-12)10(2,3)5-9(13)14/h4,6-7H,1,5H2,2-3H3,(H,13,14). The Morgan fingerprint density at radius 1 is 1.79 bits per heavy atom. The van der Waals surface area contributed by atoms with Gasteiger partial charge in [0.15, 0.2) is 0 Å². The quantitative estimate of drug-likeness (QED) is 0.794. The second-order valence-electron chi connectivity index (χ2n) is 3.85. The van der Waals surface area contributed by atoms with Crippen molar-refractivity contribution in [2.45, 2.75) is 25.7 Å². The van der Waals surface area contributed by atoms with Crippen molar-refractivity contribution in [1.82, 2.24) is 9.78 Å². The van der Waals surface area contributed by atoms with E-state index < -0.39 is 11.4 Å². The molecule has 0 aliphatic rings. The number of aromatic nitrogens is 2. The molecule has 14 heavy (non-hydrogen) atoms. The lowest BCUT2D eigenvalue weighted by Gasteiger charge is -2.20. The van der Waals surface area contributed by atoms with Crippen LogP contribution in [-0.4, -0.2) is 20.9 Å². The van der Waals surface area contributed by atoms with E-state index >= 15 is 0 Å². The van der Waals surface area contributed by atoms with Gasteiger partial charge in [-0.15, -0.1) is 0 Å². The SMILES string of the molecule is C=Cn1cc(C(C)(C)CC(=O)O)cn1. The van der Waals surface area contributed by atoms with Crippen molar-refractivity contribution in [2.24, 2.45) is 0 Å². The molecule has 1 rings (SSSR count). The molecule has 0 aromatic carbocycles. The monoisotopic (exact) mass is 194 g/mol. The summed E-state index contributed by atoms with van der Waals surface area (Å²) in [6.07, 6.45) is 5.12. The van der Waals surface area contributed by atoms with E-state index in [9.17, 15) is 4.79 Å². The molecule has 0 unspecified atom stereocenters. The van der Waals surface area contributed by atoms with Gasteiger partial charge in [-0.2, -0.15) is 5.10 Å². The van der Waals surface area contributed by atoms with E-state index in [2.05, 4.69) is 11.7 Å². The first-order chi connectivity index (χ1) is 6.45. The van der Waals surface area contributed by atoms with Gasteiger partial charge in [0.2, 0.25) is 0 Å². The fraction of sp³-hybridized carbons (Fsp3) is 0.400. The largest absolute Gasteiger partial charge is 0.481 e. The second kappa shape index (κ2) is 3.65. The highest BCUT2D eigenvalue weighted by molar-refractivity contribution is 5.68. The molecule has 0 amide bonds. The van der Waals surface area contributed by atoms with E-state index in [-0.39, 0.29) is 6.42 Å². The smallest absolute Gasteiger partial charge is 0.304 e. The summed E-state index contributed by atoms with van der Waals surface area (Å²) in [4.78, 5) is 10.6. The van der Waals surface area contributed by atoms with E-state index in [0.717, 1.165) is 5.56 Å². The van der Waals surface area contributed by atoms with Crippen molar-refractivity contribution in [2.75, 3.05) is 0 Å². The maximum atomic E-state index is 10.6. The molecule has 4 heteroatoms. The zero-order chi connectivity index (χ0) is 10.8. The lowest BCUT2D eigenvalue weighted by molar-refractivity contribution is -0.138. The Bertz CT molecular complexity index is 353. The molecule has 0 saturated heterocycles. The van der Waals surface area contributed by atoms with Gasteiger partial charge in [0.25, 0.3) is 0 Å². The summed E-state index contributed by atoms with van der Waals surface area (Å²) < 4.78 is 1.57. The first-order valence-corrected chi connectivity index (χ1v) is 4.35. The average molecular weight is 194 g/mol. The Kier molecular flexibility index (Phi) is 2.74. The third-order valence-electron chi connectivity index (χ3n) is 2.16. The number of hydrogen-bond donors (Lipinski definition) is 1. The minimum atomic E-state index is -0.804. The highest BCUT2D eigenvalue weighted by Crippen LogP contribution is 2.26. The Labute approximate surface area is 82.9 Å². The molecule has 0 spiro atoms. The van der Waals surface area contributed by atoms with Crippen LogP contribution in [0.15, 0.2) is 19.0 Å². The molecule has 0 aliphatic carbocycles. The summed E-state index contributed by atoms with van der Waals surface area (Å²) in [5.74, 6) is -0.804. The highest BCUT2D eigenvalue weighted by Gasteiger charge is 2.25. The second-order valence-corrected chi connectivity index (χ2v) is 3.85. The molecular formula is C10H14N2O2. The molecule has 0 saturated carbocycles. The van der Waals surface area contributed by atoms with Gasteiger partial charge in [-0.05, 0) is 5.56 Å². The molecule has 1 aromatic rings. The lowest BCUT2D eigenvalue weighted by atomic mass is 9.83. The number of nitrogens with zero attached hydrogens (tertiary/aromatic N) is 2. The van der Waals surface area contributed by atoms with Crippen LogP contribution in [0, 0.1) is 0 Å². The predicted octanol–water partition coefficient (Wildman–Crippen LogP) is 1.74. The Morgan fingerprint density at radius 2 is 2.43 bits per heavy atom. The number of rotatable bonds is 4.